The number of hydrogen-bond acceptors (Lipinski definition) is 4. The van der Waals surface area contributed by atoms with Crippen molar-refractivity contribution in [1.29, 1.82) is 0 Å². The second-order valence-corrected chi connectivity index (χ2v) is 6.58. The van der Waals surface area contributed by atoms with Gasteiger partial charge in [-0.1, -0.05) is 0 Å². The highest BCUT2D eigenvalue weighted by atomic mass is 32.1. The molecule has 2 aromatic heterocycles. The molecule has 1 aliphatic rings. The Morgan fingerprint density at radius 2 is 2.14 bits per heavy atom. The number of aromatic nitrogens is 2. The van der Waals surface area contributed by atoms with Crippen LogP contribution in [0, 0.1) is 12.8 Å². The molecule has 3 N–H and O–H groups in total. The summed E-state index contributed by atoms with van der Waals surface area (Å²) in [7, 11) is 0. The highest BCUT2D eigenvalue weighted by Gasteiger charge is 2.27. The zero-order chi connectivity index (χ0) is 15.7. The molecule has 1 fully saturated rings. The smallest absolute Gasteiger partial charge is 0.270 e. The molecule has 0 bridgehead atoms. The zero-order valence-corrected chi connectivity index (χ0v) is 13.2. The Morgan fingerprint density at radius 1 is 1.41 bits per heavy atom. The second kappa shape index (κ2) is 5.92. The number of nitrogens with two attached hydrogens (primary N) is 1. The van der Waals surface area contributed by atoms with Crippen molar-refractivity contribution in [1.82, 2.24) is 14.9 Å². The van der Waals surface area contributed by atoms with Gasteiger partial charge in [-0.3, -0.25) is 9.59 Å². The summed E-state index contributed by atoms with van der Waals surface area (Å²) in [5.74, 6) is -0.421. The van der Waals surface area contributed by atoms with E-state index in [0.717, 1.165) is 16.3 Å². The fraction of sp³-hybridized carbons (Fsp3) is 0.400. The standard InChI is InChI=1S/C15H18N4O2S/c1-9-18-13(8-22-9)11-6-12(17-7-11)15(21)19-4-2-10(3-5-19)14(16)20/h6-8,10,17H,2-5H2,1H3,(H2,16,20). The zero-order valence-electron chi connectivity index (χ0n) is 12.3. The molecule has 0 unspecified atom stereocenters. The van der Waals surface area contributed by atoms with Crippen LogP contribution in [0.5, 0.6) is 0 Å². The van der Waals surface area contributed by atoms with Gasteiger partial charge in [0.05, 0.1) is 10.7 Å². The quantitative estimate of drug-likeness (QED) is 0.903. The van der Waals surface area contributed by atoms with Crippen LogP contribution in [-0.4, -0.2) is 39.8 Å². The van der Waals surface area contributed by atoms with Gasteiger partial charge in [0.15, 0.2) is 0 Å². The monoisotopic (exact) mass is 318 g/mol. The maximum absolute atomic E-state index is 12.5. The number of amides is 2. The normalized spacial score (nSPS) is 16.0. The van der Waals surface area contributed by atoms with Crippen LogP contribution in [0.1, 0.15) is 28.3 Å². The molecule has 2 amide bonds. The first-order valence-corrected chi connectivity index (χ1v) is 8.12. The summed E-state index contributed by atoms with van der Waals surface area (Å²) in [5.41, 5.74) is 7.67. The van der Waals surface area contributed by atoms with Crippen LogP contribution in [0.15, 0.2) is 17.6 Å². The first-order valence-electron chi connectivity index (χ1n) is 7.24. The van der Waals surface area contributed by atoms with E-state index < -0.39 is 0 Å². The van der Waals surface area contributed by atoms with Crippen LogP contribution in [0.4, 0.5) is 0 Å². The Bertz CT molecular complexity index is 698. The van der Waals surface area contributed by atoms with E-state index in [1.54, 1.807) is 22.4 Å². The van der Waals surface area contributed by atoms with Crippen LogP contribution in [-0.2, 0) is 4.79 Å². The minimum atomic E-state index is -0.270. The van der Waals surface area contributed by atoms with E-state index in [1.165, 1.54) is 0 Å². The Morgan fingerprint density at radius 3 is 2.73 bits per heavy atom. The van der Waals surface area contributed by atoms with Crippen molar-refractivity contribution in [2.45, 2.75) is 19.8 Å². The number of rotatable bonds is 3. The predicted octanol–water partition coefficient (Wildman–Crippen LogP) is 1.78. The summed E-state index contributed by atoms with van der Waals surface area (Å²) in [5, 5.41) is 2.98. The van der Waals surface area contributed by atoms with Crippen molar-refractivity contribution >= 4 is 23.2 Å². The minimum Gasteiger partial charge on any atom is -0.369 e. The summed E-state index contributed by atoms with van der Waals surface area (Å²) in [6.07, 6.45) is 3.08. The molecule has 116 valence electrons. The van der Waals surface area contributed by atoms with Crippen LogP contribution < -0.4 is 5.73 Å². The Hall–Kier alpha value is -2.15. The average molecular weight is 318 g/mol. The number of nitrogens with zero attached hydrogens (tertiary/aromatic N) is 2. The first kappa shape index (κ1) is 14.8. The number of primary amides is 1. The number of likely N-dealkylation sites (tertiary alicyclic amines) is 1. The summed E-state index contributed by atoms with van der Waals surface area (Å²) in [6, 6.07) is 1.83. The molecule has 0 spiro atoms. The summed E-state index contributed by atoms with van der Waals surface area (Å²) < 4.78 is 0. The molecule has 2 aromatic rings. The van der Waals surface area contributed by atoms with Crippen LogP contribution in [0.3, 0.4) is 0 Å². The van der Waals surface area contributed by atoms with Crippen molar-refractivity contribution < 1.29 is 9.59 Å². The largest absolute Gasteiger partial charge is 0.369 e. The molecular weight excluding hydrogens is 300 g/mol. The van der Waals surface area contributed by atoms with Gasteiger partial charge in [0.2, 0.25) is 5.91 Å². The van der Waals surface area contributed by atoms with E-state index in [-0.39, 0.29) is 17.7 Å². The lowest BCUT2D eigenvalue weighted by Gasteiger charge is -2.30. The van der Waals surface area contributed by atoms with Gasteiger partial charge in [0.25, 0.3) is 5.91 Å². The molecule has 0 aliphatic carbocycles. The summed E-state index contributed by atoms with van der Waals surface area (Å²) >= 11 is 1.58. The number of carbonyl (C=O) groups excluding carboxylic acids is 2. The van der Waals surface area contributed by atoms with Crippen molar-refractivity contribution in [2.24, 2.45) is 11.7 Å². The lowest BCUT2D eigenvalue weighted by Crippen LogP contribution is -2.41. The molecule has 0 radical (unpaired) electrons. The minimum absolute atomic E-state index is 0.0406. The molecule has 3 heterocycles. The second-order valence-electron chi connectivity index (χ2n) is 5.52. The number of thiazole rings is 1. The van der Waals surface area contributed by atoms with Crippen LogP contribution >= 0.6 is 11.3 Å². The third-order valence-electron chi connectivity index (χ3n) is 4.01. The van der Waals surface area contributed by atoms with Gasteiger partial charge in [-0.15, -0.1) is 11.3 Å². The number of carbonyl (C=O) groups is 2. The molecule has 7 heteroatoms. The average Bonchev–Trinajstić information content (AvgIpc) is 3.15. The van der Waals surface area contributed by atoms with Crippen molar-refractivity contribution in [2.75, 3.05) is 13.1 Å². The number of H-pyrrole nitrogens is 1. The SMILES string of the molecule is Cc1nc(-c2c[nH]c(C(=O)N3CCC(C(N)=O)CC3)c2)cs1. The number of aryl methyl sites for hydroxylation is 1. The van der Waals surface area contributed by atoms with E-state index in [2.05, 4.69) is 9.97 Å². The van der Waals surface area contributed by atoms with E-state index in [0.29, 0.717) is 31.6 Å². The Labute approximate surface area is 132 Å². The van der Waals surface area contributed by atoms with E-state index in [4.69, 9.17) is 5.73 Å². The Kier molecular flexibility index (Phi) is 3.98. The van der Waals surface area contributed by atoms with Gasteiger partial charge in [0, 0.05) is 36.1 Å². The van der Waals surface area contributed by atoms with Crippen molar-refractivity contribution in [3.8, 4) is 11.3 Å². The molecule has 6 nitrogen and oxygen atoms in total. The van der Waals surface area contributed by atoms with Crippen molar-refractivity contribution in [3.05, 3.63) is 28.3 Å². The summed E-state index contributed by atoms with van der Waals surface area (Å²) in [4.78, 5) is 32.9. The number of aromatic amines is 1. The van der Waals surface area contributed by atoms with E-state index in [9.17, 15) is 9.59 Å². The van der Waals surface area contributed by atoms with Gasteiger partial charge in [-0.25, -0.2) is 4.98 Å². The highest BCUT2D eigenvalue weighted by Crippen LogP contribution is 2.24. The highest BCUT2D eigenvalue weighted by molar-refractivity contribution is 7.09. The molecular formula is C15H18N4O2S. The number of hydrogen-bond donors (Lipinski definition) is 2. The lowest BCUT2D eigenvalue weighted by atomic mass is 9.96. The molecule has 22 heavy (non-hydrogen) atoms. The molecule has 0 saturated carbocycles. The fourth-order valence-corrected chi connectivity index (χ4v) is 3.32. The summed E-state index contributed by atoms with van der Waals surface area (Å²) in [6.45, 7) is 3.09. The third-order valence-corrected chi connectivity index (χ3v) is 4.79. The fourth-order valence-electron chi connectivity index (χ4n) is 2.70. The van der Waals surface area contributed by atoms with Gasteiger partial charge in [-0.05, 0) is 25.8 Å². The first-order chi connectivity index (χ1) is 10.5. The predicted molar refractivity (Wildman–Crippen MR) is 84.5 cm³/mol. The number of nitrogens with one attached hydrogen (secondary N) is 1. The van der Waals surface area contributed by atoms with Gasteiger partial charge >= 0.3 is 0 Å². The van der Waals surface area contributed by atoms with Crippen LogP contribution in [0.25, 0.3) is 11.3 Å². The molecule has 3 rings (SSSR count). The van der Waals surface area contributed by atoms with Gasteiger partial charge in [-0.2, -0.15) is 0 Å². The molecule has 1 aliphatic heterocycles. The van der Waals surface area contributed by atoms with Crippen molar-refractivity contribution in [3.63, 3.8) is 0 Å². The molecule has 0 atom stereocenters. The van der Waals surface area contributed by atoms with Gasteiger partial charge in [0.1, 0.15) is 5.69 Å². The lowest BCUT2D eigenvalue weighted by molar-refractivity contribution is -0.123. The molecule has 1 saturated heterocycles. The van der Waals surface area contributed by atoms with E-state index in [1.807, 2.05) is 18.4 Å². The topological polar surface area (TPSA) is 92.1 Å². The Balaban J connectivity index is 1.69. The maximum Gasteiger partial charge on any atom is 0.270 e. The maximum atomic E-state index is 12.5. The molecule has 0 aromatic carbocycles. The number of piperidine rings is 1. The van der Waals surface area contributed by atoms with E-state index >= 15 is 0 Å². The van der Waals surface area contributed by atoms with Crippen LogP contribution in [0.2, 0.25) is 0 Å². The van der Waals surface area contributed by atoms with Gasteiger partial charge < -0.3 is 15.6 Å². The third kappa shape index (κ3) is 2.89.